The smallest absolute Gasteiger partial charge is 0.00966 e. The van der Waals surface area contributed by atoms with E-state index in [1.54, 1.807) is 0 Å². The molecule has 0 aliphatic heterocycles. The van der Waals surface area contributed by atoms with E-state index in [4.69, 9.17) is 0 Å². The molecule has 1 aromatic carbocycles. The molecule has 0 saturated heterocycles. The van der Waals surface area contributed by atoms with Crippen LogP contribution in [0.3, 0.4) is 0 Å². The number of hydrogen-bond donors (Lipinski definition) is 1. The van der Waals surface area contributed by atoms with Crippen molar-refractivity contribution >= 4 is 0 Å². The molecule has 0 aliphatic rings. The standard InChI is InChI=1S/C20H35N/c1-6-7-8-9-12-19(16-21-20(3,4)5)15-18-13-10-11-17(2)14-18/h10-11,13-14,19,21H,6-9,12,15-16H2,1-5H3. The molecule has 0 radical (unpaired) electrons. The van der Waals surface area contributed by atoms with Crippen molar-refractivity contribution in [2.75, 3.05) is 6.54 Å². The topological polar surface area (TPSA) is 12.0 Å². The van der Waals surface area contributed by atoms with Crippen LogP contribution < -0.4 is 5.32 Å². The lowest BCUT2D eigenvalue weighted by atomic mass is 9.92. The predicted molar refractivity (Wildman–Crippen MR) is 94.9 cm³/mol. The minimum atomic E-state index is 0.217. The molecule has 21 heavy (non-hydrogen) atoms. The van der Waals surface area contributed by atoms with Crippen LogP contribution in [0.15, 0.2) is 24.3 Å². The van der Waals surface area contributed by atoms with Gasteiger partial charge in [-0.15, -0.1) is 0 Å². The Labute approximate surface area is 132 Å². The van der Waals surface area contributed by atoms with Crippen molar-refractivity contribution in [3.05, 3.63) is 35.4 Å². The highest BCUT2D eigenvalue weighted by Crippen LogP contribution is 2.18. The fraction of sp³-hybridized carbons (Fsp3) is 0.700. The van der Waals surface area contributed by atoms with Gasteiger partial charge < -0.3 is 5.32 Å². The van der Waals surface area contributed by atoms with Gasteiger partial charge in [0.05, 0.1) is 0 Å². The minimum Gasteiger partial charge on any atom is -0.312 e. The summed E-state index contributed by atoms with van der Waals surface area (Å²) in [6, 6.07) is 9.00. The van der Waals surface area contributed by atoms with Crippen molar-refractivity contribution in [3.8, 4) is 0 Å². The van der Waals surface area contributed by atoms with Crippen LogP contribution in [0.4, 0.5) is 0 Å². The molecule has 1 nitrogen and oxygen atoms in total. The molecular weight excluding hydrogens is 254 g/mol. The first-order chi connectivity index (χ1) is 9.90. The van der Waals surface area contributed by atoms with Gasteiger partial charge in [-0.3, -0.25) is 0 Å². The van der Waals surface area contributed by atoms with Gasteiger partial charge in [0.2, 0.25) is 0 Å². The maximum absolute atomic E-state index is 3.70. The number of unbranched alkanes of at least 4 members (excludes halogenated alkanes) is 3. The first-order valence-electron chi connectivity index (χ1n) is 8.71. The van der Waals surface area contributed by atoms with Crippen molar-refractivity contribution in [3.63, 3.8) is 0 Å². The Morgan fingerprint density at radius 1 is 1.10 bits per heavy atom. The summed E-state index contributed by atoms with van der Waals surface area (Å²) < 4.78 is 0. The van der Waals surface area contributed by atoms with Crippen molar-refractivity contribution in [1.29, 1.82) is 0 Å². The molecule has 1 atom stereocenters. The summed E-state index contributed by atoms with van der Waals surface area (Å²) in [6.45, 7) is 12.4. The Balaban J connectivity index is 2.53. The van der Waals surface area contributed by atoms with E-state index in [0.717, 1.165) is 12.5 Å². The van der Waals surface area contributed by atoms with Gasteiger partial charge in [0.25, 0.3) is 0 Å². The second-order valence-corrected chi connectivity index (χ2v) is 7.54. The second-order valence-electron chi connectivity index (χ2n) is 7.54. The Bertz CT molecular complexity index is 389. The quantitative estimate of drug-likeness (QED) is 0.591. The zero-order valence-electron chi connectivity index (χ0n) is 14.8. The molecule has 1 N–H and O–H groups in total. The lowest BCUT2D eigenvalue weighted by Crippen LogP contribution is -2.39. The predicted octanol–water partition coefficient (Wildman–Crippen LogP) is 5.51. The summed E-state index contributed by atoms with van der Waals surface area (Å²) in [5.41, 5.74) is 3.08. The highest BCUT2D eigenvalue weighted by molar-refractivity contribution is 5.22. The normalized spacial score (nSPS) is 13.4. The van der Waals surface area contributed by atoms with Crippen molar-refractivity contribution in [2.24, 2.45) is 5.92 Å². The van der Waals surface area contributed by atoms with Gasteiger partial charge >= 0.3 is 0 Å². The molecule has 0 spiro atoms. The van der Waals surface area contributed by atoms with Crippen molar-refractivity contribution in [2.45, 2.75) is 78.7 Å². The molecule has 0 saturated carbocycles. The van der Waals surface area contributed by atoms with E-state index in [0.29, 0.717) is 0 Å². The fourth-order valence-electron chi connectivity index (χ4n) is 2.76. The third-order valence-corrected chi connectivity index (χ3v) is 3.99. The van der Waals surface area contributed by atoms with E-state index < -0.39 is 0 Å². The van der Waals surface area contributed by atoms with E-state index in [2.05, 4.69) is 64.2 Å². The molecule has 0 amide bonds. The van der Waals surface area contributed by atoms with E-state index in [1.165, 1.54) is 49.7 Å². The molecule has 0 bridgehead atoms. The second kappa shape index (κ2) is 9.25. The van der Waals surface area contributed by atoms with Gasteiger partial charge in [-0.05, 0) is 58.6 Å². The summed E-state index contributed by atoms with van der Waals surface area (Å²) in [7, 11) is 0. The first kappa shape index (κ1) is 18.2. The average molecular weight is 290 g/mol. The van der Waals surface area contributed by atoms with Gasteiger partial charge in [0, 0.05) is 5.54 Å². The van der Waals surface area contributed by atoms with Crippen molar-refractivity contribution < 1.29 is 0 Å². The summed E-state index contributed by atoms with van der Waals surface area (Å²) >= 11 is 0. The highest BCUT2D eigenvalue weighted by Gasteiger charge is 2.14. The van der Waals surface area contributed by atoms with Crippen LogP contribution in [0.5, 0.6) is 0 Å². The summed E-state index contributed by atoms with van der Waals surface area (Å²) in [6.07, 6.45) is 8.01. The third kappa shape index (κ3) is 8.93. The Morgan fingerprint density at radius 2 is 1.86 bits per heavy atom. The Hall–Kier alpha value is -0.820. The van der Waals surface area contributed by atoms with Crippen LogP contribution in [0, 0.1) is 12.8 Å². The van der Waals surface area contributed by atoms with Crippen LogP contribution in [-0.4, -0.2) is 12.1 Å². The molecular formula is C20H35N. The van der Waals surface area contributed by atoms with Crippen molar-refractivity contribution in [1.82, 2.24) is 5.32 Å². The number of nitrogens with one attached hydrogen (secondary N) is 1. The molecule has 120 valence electrons. The van der Waals surface area contributed by atoms with E-state index in [9.17, 15) is 0 Å². The van der Waals surface area contributed by atoms with Crippen LogP contribution in [-0.2, 0) is 6.42 Å². The van der Waals surface area contributed by atoms with Crippen LogP contribution in [0.25, 0.3) is 0 Å². The van der Waals surface area contributed by atoms with Crippen LogP contribution in [0.1, 0.15) is 70.9 Å². The van der Waals surface area contributed by atoms with E-state index in [-0.39, 0.29) is 5.54 Å². The Morgan fingerprint density at radius 3 is 2.48 bits per heavy atom. The molecule has 1 aromatic rings. The average Bonchev–Trinajstić information content (AvgIpc) is 2.40. The van der Waals surface area contributed by atoms with E-state index in [1.807, 2.05) is 0 Å². The lowest BCUT2D eigenvalue weighted by Gasteiger charge is -2.25. The van der Waals surface area contributed by atoms with Gasteiger partial charge in [0.1, 0.15) is 0 Å². The third-order valence-electron chi connectivity index (χ3n) is 3.99. The SMILES string of the molecule is CCCCCCC(CNC(C)(C)C)Cc1cccc(C)c1. The number of hydrogen-bond acceptors (Lipinski definition) is 1. The first-order valence-corrected chi connectivity index (χ1v) is 8.71. The molecule has 1 unspecified atom stereocenters. The zero-order valence-corrected chi connectivity index (χ0v) is 14.8. The number of benzene rings is 1. The Kier molecular flexibility index (Phi) is 8.03. The molecule has 1 rings (SSSR count). The molecule has 0 heterocycles. The van der Waals surface area contributed by atoms with Gasteiger partial charge in [-0.25, -0.2) is 0 Å². The van der Waals surface area contributed by atoms with Gasteiger partial charge in [-0.2, -0.15) is 0 Å². The highest BCUT2D eigenvalue weighted by atomic mass is 14.9. The summed E-state index contributed by atoms with van der Waals surface area (Å²) in [4.78, 5) is 0. The monoisotopic (exact) mass is 289 g/mol. The van der Waals surface area contributed by atoms with Crippen LogP contribution in [0.2, 0.25) is 0 Å². The summed E-state index contributed by atoms with van der Waals surface area (Å²) in [5.74, 6) is 0.753. The summed E-state index contributed by atoms with van der Waals surface area (Å²) in [5, 5.41) is 3.70. The van der Waals surface area contributed by atoms with E-state index >= 15 is 0 Å². The molecule has 0 fully saturated rings. The molecule has 0 aromatic heterocycles. The number of aryl methyl sites for hydroxylation is 1. The maximum Gasteiger partial charge on any atom is 0.00966 e. The maximum atomic E-state index is 3.70. The molecule has 1 heteroatoms. The van der Waals surface area contributed by atoms with Gasteiger partial charge in [0.15, 0.2) is 0 Å². The lowest BCUT2D eigenvalue weighted by molar-refractivity contribution is 0.349. The largest absolute Gasteiger partial charge is 0.312 e. The molecule has 0 aliphatic carbocycles. The van der Waals surface area contributed by atoms with Gasteiger partial charge in [-0.1, -0.05) is 62.4 Å². The minimum absolute atomic E-state index is 0.217. The number of rotatable bonds is 9. The van der Waals surface area contributed by atoms with Crippen LogP contribution >= 0.6 is 0 Å². The fourth-order valence-corrected chi connectivity index (χ4v) is 2.76. The zero-order chi connectivity index (χ0) is 15.7.